The molecule has 0 spiro atoms. The highest BCUT2D eigenvalue weighted by molar-refractivity contribution is 7.12. The zero-order valence-electron chi connectivity index (χ0n) is 13.3. The van der Waals surface area contributed by atoms with E-state index < -0.39 is 0 Å². The van der Waals surface area contributed by atoms with E-state index >= 15 is 0 Å². The zero-order chi connectivity index (χ0) is 15.9. The molecule has 0 aliphatic carbocycles. The van der Waals surface area contributed by atoms with E-state index in [9.17, 15) is 9.59 Å². The molecule has 2 aliphatic rings. The number of rotatable bonds is 2. The molecular weight excluding hydrogens is 300 g/mol. The average molecular weight is 322 g/mol. The minimum atomic E-state index is -0.252. The first-order valence-electron chi connectivity index (χ1n) is 7.69. The normalized spacial score (nSPS) is 22.0. The number of carbonyl (C=O) groups excluding carboxylic acids is 2. The van der Waals surface area contributed by atoms with E-state index in [1.54, 1.807) is 0 Å². The third-order valence-corrected chi connectivity index (χ3v) is 5.58. The lowest BCUT2D eigenvalue weighted by Crippen LogP contribution is -2.53. The van der Waals surface area contributed by atoms with Crippen molar-refractivity contribution in [3.8, 4) is 0 Å². The highest BCUT2D eigenvalue weighted by atomic mass is 32.1. The Hall–Kier alpha value is -1.56. The molecule has 0 atom stereocenters. The number of amides is 2. The Kier molecular flexibility index (Phi) is 3.89. The summed E-state index contributed by atoms with van der Waals surface area (Å²) in [6.07, 6.45) is 1.41. The van der Waals surface area contributed by atoms with Crippen molar-refractivity contribution >= 4 is 23.3 Å². The fourth-order valence-electron chi connectivity index (χ4n) is 3.33. The average Bonchev–Trinajstić information content (AvgIpc) is 3.02. The number of likely N-dealkylation sites (tertiary alicyclic amines) is 1. The summed E-state index contributed by atoms with van der Waals surface area (Å²) in [5.41, 5.74) is 0.791. The van der Waals surface area contributed by atoms with Gasteiger partial charge in [-0.3, -0.25) is 9.69 Å². The molecule has 2 aliphatic heterocycles. The van der Waals surface area contributed by atoms with Gasteiger partial charge in [0.2, 0.25) is 0 Å². The Morgan fingerprint density at radius 1 is 1.36 bits per heavy atom. The fraction of sp³-hybridized carbons (Fsp3) is 0.625. The van der Waals surface area contributed by atoms with Crippen molar-refractivity contribution in [3.05, 3.63) is 21.9 Å². The maximum absolute atomic E-state index is 12.5. The molecule has 0 unspecified atom stereocenters. The lowest BCUT2D eigenvalue weighted by molar-refractivity contribution is 0.0593. The molecule has 1 aromatic rings. The van der Waals surface area contributed by atoms with Crippen LogP contribution in [0.2, 0.25) is 0 Å². The number of hydrogen-bond donors (Lipinski definition) is 0. The number of hydrogen-bond acceptors (Lipinski definition) is 4. The molecule has 2 fully saturated rings. The van der Waals surface area contributed by atoms with Crippen molar-refractivity contribution in [2.75, 3.05) is 19.7 Å². The van der Waals surface area contributed by atoms with Gasteiger partial charge in [-0.25, -0.2) is 4.79 Å². The predicted molar refractivity (Wildman–Crippen MR) is 85.2 cm³/mol. The van der Waals surface area contributed by atoms with Crippen LogP contribution in [-0.4, -0.2) is 53.1 Å². The van der Waals surface area contributed by atoms with Gasteiger partial charge in [-0.15, -0.1) is 11.3 Å². The molecule has 0 radical (unpaired) electrons. The molecule has 0 N–H and O–H groups in total. The molecule has 6 heteroatoms. The summed E-state index contributed by atoms with van der Waals surface area (Å²) < 4.78 is 5.19. The minimum absolute atomic E-state index is 0.120. The second-order valence-corrected chi connectivity index (χ2v) is 7.61. The van der Waals surface area contributed by atoms with E-state index in [-0.39, 0.29) is 23.6 Å². The predicted octanol–water partition coefficient (Wildman–Crippen LogP) is 2.89. The summed E-state index contributed by atoms with van der Waals surface area (Å²) >= 11 is 1.50. The van der Waals surface area contributed by atoms with Crippen molar-refractivity contribution in [1.82, 2.24) is 9.80 Å². The number of cyclic esters (lactones) is 1. The van der Waals surface area contributed by atoms with E-state index in [0.717, 1.165) is 23.3 Å². The van der Waals surface area contributed by atoms with Gasteiger partial charge < -0.3 is 9.64 Å². The van der Waals surface area contributed by atoms with Gasteiger partial charge in [0, 0.05) is 19.1 Å². The van der Waals surface area contributed by atoms with E-state index in [1.807, 2.05) is 42.0 Å². The fourth-order valence-corrected chi connectivity index (χ4v) is 4.22. The molecular formula is C16H22N2O3S. The Morgan fingerprint density at radius 2 is 2.05 bits per heavy atom. The highest BCUT2D eigenvalue weighted by Crippen LogP contribution is 2.31. The first-order chi connectivity index (χ1) is 10.4. The Morgan fingerprint density at radius 3 is 2.55 bits per heavy atom. The van der Waals surface area contributed by atoms with Crippen molar-refractivity contribution < 1.29 is 14.3 Å². The Balaban J connectivity index is 1.65. The SMILES string of the molecule is Cc1ccsc1C(=O)N1CCC(N2C(=O)OCC2(C)C)CC1. The van der Waals surface area contributed by atoms with Gasteiger partial charge in [0.25, 0.3) is 5.91 Å². The van der Waals surface area contributed by atoms with Crippen LogP contribution in [0, 0.1) is 6.92 Å². The maximum Gasteiger partial charge on any atom is 0.410 e. The summed E-state index contributed by atoms with van der Waals surface area (Å²) in [6.45, 7) is 7.87. The molecule has 0 bridgehead atoms. The molecule has 0 saturated carbocycles. The van der Waals surface area contributed by atoms with Crippen LogP contribution in [0.1, 0.15) is 41.9 Å². The first-order valence-corrected chi connectivity index (χ1v) is 8.57. The summed E-state index contributed by atoms with van der Waals surface area (Å²) in [5, 5.41) is 1.96. The summed E-state index contributed by atoms with van der Waals surface area (Å²) in [6, 6.07) is 2.14. The van der Waals surface area contributed by atoms with Gasteiger partial charge >= 0.3 is 6.09 Å². The number of nitrogens with zero attached hydrogens (tertiary/aromatic N) is 2. The summed E-state index contributed by atoms with van der Waals surface area (Å²) in [5.74, 6) is 0.120. The van der Waals surface area contributed by atoms with Crippen LogP contribution < -0.4 is 0 Å². The van der Waals surface area contributed by atoms with Crippen molar-refractivity contribution in [2.45, 2.75) is 45.2 Å². The third-order valence-electron chi connectivity index (χ3n) is 4.57. The van der Waals surface area contributed by atoms with E-state index in [0.29, 0.717) is 19.7 Å². The van der Waals surface area contributed by atoms with E-state index in [2.05, 4.69) is 0 Å². The van der Waals surface area contributed by atoms with E-state index in [4.69, 9.17) is 4.74 Å². The van der Waals surface area contributed by atoms with Crippen molar-refractivity contribution in [3.63, 3.8) is 0 Å². The van der Waals surface area contributed by atoms with Crippen LogP contribution >= 0.6 is 11.3 Å². The van der Waals surface area contributed by atoms with Gasteiger partial charge in [-0.05, 0) is 50.6 Å². The topological polar surface area (TPSA) is 49.9 Å². The Bertz CT molecular complexity index is 588. The maximum atomic E-state index is 12.5. The number of carbonyl (C=O) groups is 2. The number of aryl methyl sites for hydroxylation is 1. The monoisotopic (exact) mass is 322 g/mol. The standard InChI is InChI=1S/C16H22N2O3S/c1-11-6-9-22-13(11)14(19)17-7-4-12(5-8-17)18-15(20)21-10-16(18,2)3/h6,9,12H,4-5,7-8,10H2,1-3H3. The molecule has 120 valence electrons. The molecule has 3 heterocycles. The summed E-state index contributed by atoms with van der Waals surface area (Å²) in [4.78, 5) is 29.1. The zero-order valence-corrected chi connectivity index (χ0v) is 14.1. The van der Waals surface area contributed by atoms with Crippen LogP contribution in [0.3, 0.4) is 0 Å². The van der Waals surface area contributed by atoms with Crippen LogP contribution in [0.5, 0.6) is 0 Å². The first kappa shape index (κ1) is 15.3. The number of piperidine rings is 1. The second kappa shape index (κ2) is 5.57. The molecule has 5 nitrogen and oxygen atoms in total. The molecule has 22 heavy (non-hydrogen) atoms. The quantitative estimate of drug-likeness (QED) is 0.841. The van der Waals surface area contributed by atoms with Gasteiger partial charge in [0.1, 0.15) is 6.61 Å². The second-order valence-electron chi connectivity index (χ2n) is 6.69. The molecule has 0 aromatic carbocycles. The van der Waals surface area contributed by atoms with E-state index in [1.165, 1.54) is 11.3 Å². The van der Waals surface area contributed by atoms with Crippen LogP contribution in [0.15, 0.2) is 11.4 Å². The van der Waals surface area contributed by atoms with Gasteiger partial charge in [-0.2, -0.15) is 0 Å². The summed E-state index contributed by atoms with van der Waals surface area (Å²) in [7, 11) is 0. The van der Waals surface area contributed by atoms with Crippen molar-refractivity contribution in [1.29, 1.82) is 0 Å². The van der Waals surface area contributed by atoms with Gasteiger partial charge in [0.15, 0.2) is 0 Å². The molecule has 3 rings (SSSR count). The number of thiophene rings is 1. The molecule has 1 aromatic heterocycles. The van der Waals surface area contributed by atoms with Crippen molar-refractivity contribution in [2.24, 2.45) is 0 Å². The number of ether oxygens (including phenoxy) is 1. The van der Waals surface area contributed by atoms with Gasteiger partial charge in [0.05, 0.1) is 10.4 Å². The third kappa shape index (κ3) is 2.60. The molecule has 2 saturated heterocycles. The lowest BCUT2D eigenvalue weighted by Gasteiger charge is -2.40. The van der Waals surface area contributed by atoms with Gasteiger partial charge in [-0.1, -0.05) is 0 Å². The highest BCUT2D eigenvalue weighted by Gasteiger charge is 2.44. The van der Waals surface area contributed by atoms with Crippen LogP contribution in [0.25, 0.3) is 0 Å². The largest absolute Gasteiger partial charge is 0.447 e. The van der Waals surface area contributed by atoms with Crippen LogP contribution in [0.4, 0.5) is 4.79 Å². The van der Waals surface area contributed by atoms with Crippen LogP contribution in [-0.2, 0) is 4.74 Å². The lowest BCUT2D eigenvalue weighted by atomic mass is 9.97. The minimum Gasteiger partial charge on any atom is -0.447 e. The smallest absolute Gasteiger partial charge is 0.410 e. The Labute approximate surface area is 134 Å². The molecule has 2 amide bonds.